The number of benzene rings is 9. The lowest BCUT2D eigenvalue weighted by molar-refractivity contribution is 0.656. The topological polar surface area (TPSA) is 26.3 Å². The van der Waals surface area contributed by atoms with Gasteiger partial charge in [0.25, 0.3) is 0 Å². The molecule has 0 aliphatic heterocycles. The van der Waals surface area contributed by atoms with Crippen molar-refractivity contribution >= 4 is 76.2 Å². The molecular formula is C48H28O2. The maximum Gasteiger partial charge on any atom is 0.139 e. The summed E-state index contributed by atoms with van der Waals surface area (Å²) >= 11 is 0. The fourth-order valence-electron chi connectivity index (χ4n) is 8.12. The molecular weight excluding hydrogens is 609 g/mol. The Hall–Kier alpha value is -6.64. The third-order valence-electron chi connectivity index (χ3n) is 10.4. The molecule has 0 bridgehead atoms. The lowest BCUT2D eigenvalue weighted by atomic mass is 9.85. The van der Waals surface area contributed by atoms with Crippen molar-refractivity contribution in [3.05, 3.63) is 170 Å². The van der Waals surface area contributed by atoms with Crippen molar-refractivity contribution in [2.45, 2.75) is 0 Å². The summed E-state index contributed by atoms with van der Waals surface area (Å²) < 4.78 is 12.6. The van der Waals surface area contributed by atoms with E-state index in [1.54, 1.807) is 0 Å². The summed E-state index contributed by atoms with van der Waals surface area (Å²) in [7, 11) is 0. The van der Waals surface area contributed by atoms with Crippen molar-refractivity contribution in [3.8, 4) is 33.4 Å². The van der Waals surface area contributed by atoms with E-state index in [9.17, 15) is 0 Å². The van der Waals surface area contributed by atoms with Crippen LogP contribution in [0.4, 0.5) is 0 Å². The number of hydrogen-bond acceptors (Lipinski definition) is 2. The van der Waals surface area contributed by atoms with E-state index in [-0.39, 0.29) is 0 Å². The van der Waals surface area contributed by atoms with Gasteiger partial charge in [-0.1, -0.05) is 127 Å². The molecule has 2 aromatic heterocycles. The molecule has 0 amide bonds. The van der Waals surface area contributed by atoms with Crippen LogP contribution in [0.2, 0.25) is 0 Å². The Kier molecular flexibility index (Phi) is 5.70. The van der Waals surface area contributed by atoms with E-state index >= 15 is 0 Å². The van der Waals surface area contributed by atoms with Crippen molar-refractivity contribution in [2.24, 2.45) is 0 Å². The summed E-state index contributed by atoms with van der Waals surface area (Å²) in [5.74, 6) is 0. The molecule has 0 fully saturated rings. The molecule has 9 aromatic carbocycles. The highest BCUT2D eigenvalue weighted by Gasteiger charge is 2.18. The first-order chi connectivity index (χ1) is 24.8. The molecule has 0 saturated heterocycles. The summed E-state index contributed by atoms with van der Waals surface area (Å²) in [4.78, 5) is 0. The number of para-hydroxylation sites is 1. The number of furan rings is 2. The van der Waals surface area contributed by atoms with E-state index < -0.39 is 0 Å². The molecule has 0 saturated carbocycles. The van der Waals surface area contributed by atoms with E-state index in [1.807, 2.05) is 18.2 Å². The van der Waals surface area contributed by atoms with E-state index in [1.165, 1.54) is 54.6 Å². The van der Waals surface area contributed by atoms with Crippen LogP contribution in [0, 0.1) is 0 Å². The zero-order valence-electron chi connectivity index (χ0n) is 27.0. The van der Waals surface area contributed by atoms with Gasteiger partial charge in [-0.2, -0.15) is 0 Å². The van der Waals surface area contributed by atoms with Crippen molar-refractivity contribution in [1.29, 1.82) is 0 Å². The zero-order chi connectivity index (χ0) is 32.8. The van der Waals surface area contributed by atoms with Gasteiger partial charge in [-0.15, -0.1) is 0 Å². The first-order valence-electron chi connectivity index (χ1n) is 17.1. The Balaban J connectivity index is 1.08. The van der Waals surface area contributed by atoms with Gasteiger partial charge in [0.05, 0.1) is 0 Å². The standard InChI is InChI=1S/C48H28O2/c1-2-11-30-24-34(21-20-29(30)10-1)48-39-17-5-3-15-37(39)47(38-16-4-6-18-40(38)48)33-13-9-12-31(25-33)32-22-23-36-42-27-41-35-14-7-8-19-43(35)49-45(41)28-46(42)50-44(36)26-32/h1-28H. The second-order valence-electron chi connectivity index (χ2n) is 13.2. The van der Waals surface area contributed by atoms with Crippen molar-refractivity contribution in [2.75, 3.05) is 0 Å². The molecule has 232 valence electrons. The molecule has 0 radical (unpaired) electrons. The SMILES string of the molecule is c1cc(-c2ccc3c(c2)oc2cc4oc5ccccc5c4cc23)cc(-c2c3ccccc3c(-c3ccc4ccccc4c3)c3ccccc23)c1. The van der Waals surface area contributed by atoms with Gasteiger partial charge in [0, 0.05) is 27.6 Å². The van der Waals surface area contributed by atoms with Crippen LogP contribution in [0.15, 0.2) is 179 Å². The molecule has 11 aromatic rings. The second-order valence-corrected chi connectivity index (χ2v) is 13.2. The number of hydrogen-bond donors (Lipinski definition) is 0. The second kappa shape index (κ2) is 10.4. The van der Waals surface area contributed by atoms with E-state index in [0.717, 1.165) is 55.0 Å². The average molecular weight is 637 g/mol. The lowest BCUT2D eigenvalue weighted by Gasteiger charge is -2.18. The van der Waals surface area contributed by atoms with Crippen LogP contribution in [0.25, 0.3) is 110 Å². The fourth-order valence-corrected chi connectivity index (χ4v) is 8.12. The third-order valence-corrected chi connectivity index (χ3v) is 10.4. The Morgan fingerprint density at radius 2 is 0.740 bits per heavy atom. The van der Waals surface area contributed by atoms with Crippen LogP contribution in [0.5, 0.6) is 0 Å². The Morgan fingerprint density at radius 1 is 0.240 bits per heavy atom. The Labute approximate surface area is 287 Å². The molecule has 0 unspecified atom stereocenters. The summed E-state index contributed by atoms with van der Waals surface area (Å²) in [5.41, 5.74) is 10.7. The monoisotopic (exact) mass is 636 g/mol. The zero-order valence-corrected chi connectivity index (χ0v) is 27.0. The van der Waals surface area contributed by atoms with E-state index in [0.29, 0.717) is 0 Å². The quantitative estimate of drug-likeness (QED) is 0.180. The van der Waals surface area contributed by atoms with Crippen molar-refractivity contribution in [1.82, 2.24) is 0 Å². The highest BCUT2D eigenvalue weighted by molar-refractivity contribution is 6.22. The number of rotatable bonds is 3. The van der Waals surface area contributed by atoms with Gasteiger partial charge in [-0.3, -0.25) is 0 Å². The van der Waals surface area contributed by atoms with Crippen LogP contribution in [-0.4, -0.2) is 0 Å². The smallest absolute Gasteiger partial charge is 0.139 e. The van der Waals surface area contributed by atoms with Gasteiger partial charge in [0.1, 0.15) is 22.3 Å². The Bertz CT molecular complexity index is 3100. The molecule has 0 N–H and O–H groups in total. The average Bonchev–Trinajstić information content (AvgIpc) is 3.72. The van der Waals surface area contributed by atoms with Crippen LogP contribution in [0.1, 0.15) is 0 Å². The predicted molar refractivity (Wildman–Crippen MR) is 210 cm³/mol. The van der Waals surface area contributed by atoms with Gasteiger partial charge in [0.15, 0.2) is 0 Å². The molecule has 0 aliphatic carbocycles. The molecule has 11 rings (SSSR count). The minimum Gasteiger partial charge on any atom is -0.456 e. The van der Waals surface area contributed by atoms with Crippen LogP contribution in [0.3, 0.4) is 0 Å². The van der Waals surface area contributed by atoms with Crippen molar-refractivity contribution < 1.29 is 8.83 Å². The van der Waals surface area contributed by atoms with E-state index in [2.05, 4.69) is 152 Å². The minimum absolute atomic E-state index is 0.835. The Morgan fingerprint density at radius 3 is 1.46 bits per heavy atom. The van der Waals surface area contributed by atoms with Gasteiger partial charge in [0.2, 0.25) is 0 Å². The normalized spacial score (nSPS) is 12.0. The predicted octanol–water partition coefficient (Wildman–Crippen LogP) is 13.9. The fraction of sp³-hybridized carbons (Fsp3) is 0. The summed E-state index contributed by atoms with van der Waals surface area (Å²) in [6, 6.07) is 61.1. The highest BCUT2D eigenvalue weighted by atomic mass is 16.3. The molecule has 2 heterocycles. The van der Waals surface area contributed by atoms with Crippen LogP contribution >= 0.6 is 0 Å². The largest absolute Gasteiger partial charge is 0.456 e. The van der Waals surface area contributed by atoms with Crippen LogP contribution in [-0.2, 0) is 0 Å². The highest BCUT2D eigenvalue weighted by Crippen LogP contribution is 2.45. The maximum atomic E-state index is 6.47. The van der Waals surface area contributed by atoms with Crippen molar-refractivity contribution in [3.63, 3.8) is 0 Å². The molecule has 2 heteroatoms. The minimum atomic E-state index is 0.835. The molecule has 0 atom stereocenters. The molecule has 50 heavy (non-hydrogen) atoms. The van der Waals surface area contributed by atoms with E-state index in [4.69, 9.17) is 8.83 Å². The van der Waals surface area contributed by atoms with Gasteiger partial charge < -0.3 is 8.83 Å². The van der Waals surface area contributed by atoms with Gasteiger partial charge in [-0.05, 0) is 102 Å². The molecule has 0 spiro atoms. The first-order valence-corrected chi connectivity index (χ1v) is 17.1. The summed E-state index contributed by atoms with van der Waals surface area (Å²) in [6.07, 6.45) is 0. The number of fused-ring (bicyclic) bond motifs is 9. The first kappa shape index (κ1) is 27.3. The molecule has 2 nitrogen and oxygen atoms in total. The molecule has 0 aliphatic rings. The lowest BCUT2D eigenvalue weighted by Crippen LogP contribution is -1.91. The van der Waals surface area contributed by atoms with Crippen LogP contribution < -0.4 is 0 Å². The third kappa shape index (κ3) is 4.03. The summed E-state index contributed by atoms with van der Waals surface area (Å²) in [6.45, 7) is 0. The maximum absolute atomic E-state index is 6.47. The summed E-state index contributed by atoms with van der Waals surface area (Å²) in [5, 5.41) is 11.9. The van der Waals surface area contributed by atoms with Gasteiger partial charge in [-0.25, -0.2) is 0 Å². The van der Waals surface area contributed by atoms with Gasteiger partial charge >= 0.3 is 0 Å².